The molecule has 6 heteroatoms. The number of nitriles is 1. The van der Waals surface area contributed by atoms with E-state index in [1.807, 2.05) is 31.4 Å². The number of rotatable bonds is 4. The fraction of sp³-hybridized carbons (Fsp3) is 0.263. The lowest BCUT2D eigenvalue weighted by molar-refractivity contribution is -0.116. The summed E-state index contributed by atoms with van der Waals surface area (Å²) in [5.41, 5.74) is 5.87. The number of aryl methyl sites for hydroxylation is 3. The minimum atomic E-state index is -0.0920. The van der Waals surface area contributed by atoms with Gasteiger partial charge < -0.3 is 5.32 Å². The Morgan fingerprint density at radius 1 is 1.28 bits per heavy atom. The molecule has 0 aliphatic rings. The first-order valence-corrected chi connectivity index (χ1v) is 8.10. The van der Waals surface area contributed by atoms with E-state index in [0.717, 1.165) is 28.3 Å². The van der Waals surface area contributed by atoms with Gasteiger partial charge in [0.15, 0.2) is 5.65 Å². The summed E-state index contributed by atoms with van der Waals surface area (Å²) in [6, 6.07) is 10.9. The Morgan fingerprint density at radius 2 is 2.08 bits per heavy atom. The van der Waals surface area contributed by atoms with E-state index < -0.39 is 0 Å². The molecule has 1 amide bonds. The van der Waals surface area contributed by atoms with Crippen molar-refractivity contribution >= 4 is 17.2 Å². The van der Waals surface area contributed by atoms with E-state index in [1.165, 1.54) is 0 Å². The Bertz CT molecular complexity index is 997. The van der Waals surface area contributed by atoms with Crippen LogP contribution in [0.1, 0.15) is 34.6 Å². The largest absolute Gasteiger partial charge is 0.326 e. The topological polar surface area (TPSA) is 83.1 Å². The van der Waals surface area contributed by atoms with Crippen molar-refractivity contribution in [1.82, 2.24) is 14.6 Å². The molecule has 0 spiro atoms. The van der Waals surface area contributed by atoms with Gasteiger partial charge in [0.2, 0.25) is 5.91 Å². The first kappa shape index (κ1) is 16.7. The maximum atomic E-state index is 12.2. The Morgan fingerprint density at radius 3 is 2.84 bits per heavy atom. The van der Waals surface area contributed by atoms with Gasteiger partial charge in [-0.2, -0.15) is 10.4 Å². The highest BCUT2D eigenvalue weighted by Gasteiger charge is 2.13. The Balaban J connectivity index is 1.73. The molecule has 0 atom stereocenters. The van der Waals surface area contributed by atoms with Crippen molar-refractivity contribution < 1.29 is 4.79 Å². The molecule has 0 unspecified atom stereocenters. The van der Waals surface area contributed by atoms with Crippen molar-refractivity contribution in [2.45, 2.75) is 33.6 Å². The number of nitrogens with zero attached hydrogens (tertiary/aromatic N) is 4. The molecule has 6 nitrogen and oxygen atoms in total. The third-order valence-corrected chi connectivity index (χ3v) is 4.16. The molecule has 2 aromatic heterocycles. The number of anilines is 1. The fourth-order valence-electron chi connectivity index (χ4n) is 2.93. The minimum Gasteiger partial charge on any atom is -0.326 e. The number of carbonyl (C=O) groups excluding carboxylic acids is 1. The van der Waals surface area contributed by atoms with Crippen LogP contribution in [0.3, 0.4) is 0 Å². The van der Waals surface area contributed by atoms with Crippen molar-refractivity contribution in [3.8, 4) is 6.07 Å². The van der Waals surface area contributed by atoms with Gasteiger partial charge in [0.25, 0.3) is 0 Å². The summed E-state index contributed by atoms with van der Waals surface area (Å²) in [6.45, 7) is 5.89. The first-order chi connectivity index (χ1) is 12.0. The quantitative estimate of drug-likeness (QED) is 0.795. The number of hydrogen-bond donors (Lipinski definition) is 1. The highest BCUT2D eigenvalue weighted by Crippen LogP contribution is 2.17. The predicted octanol–water partition coefficient (Wildman–Crippen LogP) is 3.10. The zero-order valence-electron chi connectivity index (χ0n) is 14.5. The van der Waals surface area contributed by atoms with Gasteiger partial charge in [-0.25, -0.2) is 9.50 Å². The van der Waals surface area contributed by atoms with Crippen LogP contribution in [0.2, 0.25) is 0 Å². The molecule has 1 aromatic carbocycles. The van der Waals surface area contributed by atoms with Crippen LogP contribution >= 0.6 is 0 Å². The number of nitrogens with one attached hydrogen (secondary N) is 1. The molecule has 0 saturated heterocycles. The van der Waals surface area contributed by atoms with E-state index in [2.05, 4.69) is 21.5 Å². The molecule has 0 saturated carbocycles. The van der Waals surface area contributed by atoms with Crippen LogP contribution in [0.15, 0.2) is 30.3 Å². The van der Waals surface area contributed by atoms with Crippen LogP contribution in [0.25, 0.3) is 5.65 Å². The lowest BCUT2D eigenvalue weighted by Gasteiger charge is -2.11. The van der Waals surface area contributed by atoms with Crippen molar-refractivity contribution in [2.24, 2.45) is 0 Å². The van der Waals surface area contributed by atoms with Gasteiger partial charge in [-0.05, 0) is 51.0 Å². The van der Waals surface area contributed by atoms with Gasteiger partial charge in [-0.3, -0.25) is 4.79 Å². The average molecular weight is 333 g/mol. The molecular weight excluding hydrogens is 314 g/mol. The van der Waals surface area contributed by atoms with Crippen LogP contribution in [-0.2, 0) is 11.2 Å². The fourth-order valence-corrected chi connectivity index (χ4v) is 2.93. The van der Waals surface area contributed by atoms with Crippen LogP contribution in [0, 0.1) is 32.1 Å². The lowest BCUT2D eigenvalue weighted by atomic mass is 10.1. The summed E-state index contributed by atoms with van der Waals surface area (Å²) in [4.78, 5) is 16.8. The normalized spacial score (nSPS) is 10.6. The maximum absolute atomic E-state index is 12.2. The molecule has 2 heterocycles. The number of hydrogen-bond acceptors (Lipinski definition) is 4. The molecule has 0 aliphatic heterocycles. The van der Waals surface area contributed by atoms with Crippen LogP contribution < -0.4 is 5.32 Å². The molecule has 0 fully saturated rings. The van der Waals surface area contributed by atoms with Gasteiger partial charge in [0, 0.05) is 29.6 Å². The van der Waals surface area contributed by atoms with E-state index in [1.54, 1.807) is 24.3 Å². The summed E-state index contributed by atoms with van der Waals surface area (Å²) in [5, 5.41) is 16.2. The Labute approximate surface area is 146 Å². The number of fused-ring (bicyclic) bond motifs is 1. The van der Waals surface area contributed by atoms with Crippen molar-refractivity contribution in [3.63, 3.8) is 0 Å². The van der Waals surface area contributed by atoms with E-state index in [4.69, 9.17) is 5.26 Å². The monoisotopic (exact) mass is 333 g/mol. The third-order valence-electron chi connectivity index (χ3n) is 4.16. The smallest absolute Gasteiger partial charge is 0.224 e. The van der Waals surface area contributed by atoms with Crippen LogP contribution in [0.4, 0.5) is 5.69 Å². The van der Waals surface area contributed by atoms with Gasteiger partial charge in [-0.1, -0.05) is 6.07 Å². The standard InChI is InChI=1S/C19H19N5O/c1-12-9-18-21-13(2)17(14(3)24(18)23-12)7-8-19(25)22-16-6-4-5-15(10-16)11-20/h4-6,9-10H,7-8H2,1-3H3,(H,22,25). The molecule has 0 radical (unpaired) electrons. The number of carbonyl (C=O) groups is 1. The van der Waals surface area contributed by atoms with Gasteiger partial charge >= 0.3 is 0 Å². The third kappa shape index (κ3) is 3.50. The van der Waals surface area contributed by atoms with Crippen molar-refractivity contribution in [3.05, 3.63) is 58.5 Å². The van der Waals surface area contributed by atoms with Crippen LogP contribution in [-0.4, -0.2) is 20.5 Å². The van der Waals surface area contributed by atoms with E-state index in [-0.39, 0.29) is 5.91 Å². The second kappa shape index (κ2) is 6.73. The molecule has 3 aromatic rings. The molecule has 0 aliphatic carbocycles. The SMILES string of the molecule is Cc1cc2nc(C)c(CCC(=O)Nc3cccc(C#N)c3)c(C)n2n1. The van der Waals surface area contributed by atoms with Crippen LogP contribution in [0.5, 0.6) is 0 Å². The molecule has 126 valence electrons. The van der Waals surface area contributed by atoms with E-state index >= 15 is 0 Å². The summed E-state index contributed by atoms with van der Waals surface area (Å²) in [7, 11) is 0. The molecule has 1 N–H and O–H groups in total. The van der Waals surface area contributed by atoms with Crippen molar-refractivity contribution in [1.29, 1.82) is 5.26 Å². The molecule has 0 bridgehead atoms. The predicted molar refractivity (Wildman–Crippen MR) is 95.3 cm³/mol. The summed E-state index contributed by atoms with van der Waals surface area (Å²) >= 11 is 0. The molecule has 3 rings (SSSR count). The number of benzene rings is 1. The molecular formula is C19H19N5O. The van der Waals surface area contributed by atoms with Gasteiger partial charge in [-0.15, -0.1) is 0 Å². The van der Waals surface area contributed by atoms with Crippen molar-refractivity contribution in [2.75, 3.05) is 5.32 Å². The van der Waals surface area contributed by atoms with E-state index in [9.17, 15) is 4.79 Å². The Kier molecular flexibility index (Phi) is 4.48. The lowest BCUT2D eigenvalue weighted by Crippen LogP contribution is -2.14. The summed E-state index contributed by atoms with van der Waals surface area (Å²) < 4.78 is 1.83. The molecule has 25 heavy (non-hydrogen) atoms. The number of aromatic nitrogens is 3. The summed E-state index contributed by atoms with van der Waals surface area (Å²) in [6.07, 6.45) is 0.926. The first-order valence-electron chi connectivity index (χ1n) is 8.10. The second-order valence-corrected chi connectivity index (χ2v) is 6.06. The average Bonchev–Trinajstić information content (AvgIpc) is 2.95. The second-order valence-electron chi connectivity index (χ2n) is 6.06. The highest BCUT2D eigenvalue weighted by atomic mass is 16.1. The zero-order valence-corrected chi connectivity index (χ0v) is 14.5. The summed E-state index contributed by atoms with van der Waals surface area (Å²) in [5.74, 6) is -0.0920. The minimum absolute atomic E-state index is 0.0920. The van der Waals surface area contributed by atoms with E-state index in [0.29, 0.717) is 24.1 Å². The van der Waals surface area contributed by atoms with Gasteiger partial charge in [0.05, 0.1) is 17.3 Å². The Hall–Kier alpha value is -3.20. The maximum Gasteiger partial charge on any atom is 0.224 e. The van der Waals surface area contributed by atoms with Gasteiger partial charge in [0.1, 0.15) is 0 Å². The number of amides is 1. The zero-order chi connectivity index (χ0) is 18.0. The highest BCUT2D eigenvalue weighted by molar-refractivity contribution is 5.91.